The Morgan fingerprint density at radius 2 is 2.67 bits per heavy atom. The second-order valence-corrected chi connectivity index (χ2v) is 3.05. The van der Waals surface area contributed by atoms with Gasteiger partial charge in [0.05, 0.1) is 18.4 Å². The molecule has 0 amide bonds. The Bertz CT molecular complexity index is 266. The topological polar surface area (TPSA) is 41.9 Å². The van der Waals surface area contributed by atoms with E-state index in [0.29, 0.717) is 0 Å². The molecule has 1 aromatic heterocycles. The molecule has 0 unspecified atom stereocenters. The van der Waals surface area contributed by atoms with Crippen molar-refractivity contribution in [2.45, 2.75) is 19.6 Å². The molecule has 2 heterocycles. The predicted octanol–water partition coefficient (Wildman–Crippen LogP) is -0.294. The molecule has 0 saturated carbocycles. The summed E-state index contributed by atoms with van der Waals surface area (Å²) in [5.41, 5.74) is 2.64. The summed E-state index contributed by atoms with van der Waals surface area (Å²) in [4.78, 5) is 0. The maximum absolute atomic E-state index is 4.31. The lowest BCUT2D eigenvalue weighted by Crippen LogP contribution is -2.29. The molecule has 0 aliphatic carbocycles. The molecule has 4 nitrogen and oxygen atoms in total. The molecule has 12 heavy (non-hydrogen) atoms. The smallest absolute Gasteiger partial charge is 0.0567 e. The molecule has 0 saturated heterocycles. The van der Waals surface area contributed by atoms with Crippen LogP contribution in [0.25, 0.3) is 0 Å². The van der Waals surface area contributed by atoms with E-state index < -0.39 is 0 Å². The van der Waals surface area contributed by atoms with Gasteiger partial charge in [0.1, 0.15) is 0 Å². The number of nitrogens with zero attached hydrogens (tertiary/aromatic N) is 2. The van der Waals surface area contributed by atoms with Gasteiger partial charge in [-0.1, -0.05) is 0 Å². The summed E-state index contributed by atoms with van der Waals surface area (Å²) in [7, 11) is 1.96. The van der Waals surface area contributed by atoms with Crippen molar-refractivity contribution in [2.75, 3.05) is 13.6 Å². The summed E-state index contributed by atoms with van der Waals surface area (Å²) < 4.78 is 2.09. The standard InChI is InChI=1S/C8H14N4/c1-9-4-7-5-11-12-3-2-10-6-8(7)12/h5,9-10H,2-4,6H2,1H3. The van der Waals surface area contributed by atoms with Gasteiger partial charge in [-0.15, -0.1) is 0 Å². The van der Waals surface area contributed by atoms with Gasteiger partial charge in [-0.2, -0.15) is 5.10 Å². The highest BCUT2D eigenvalue weighted by atomic mass is 15.3. The van der Waals surface area contributed by atoms with Crippen molar-refractivity contribution in [1.82, 2.24) is 20.4 Å². The zero-order valence-electron chi connectivity index (χ0n) is 7.30. The molecule has 1 aliphatic rings. The van der Waals surface area contributed by atoms with Crippen molar-refractivity contribution in [3.8, 4) is 0 Å². The zero-order valence-corrected chi connectivity index (χ0v) is 7.30. The lowest BCUT2D eigenvalue weighted by Gasteiger charge is -2.15. The van der Waals surface area contributed by atoms with Gasteiger partial charge in [-0.3, -0.25) is 4.68 Å². The molecular formula is C8H14N4. The van der Waals surface area contributed by atoms with Crippen LogP contribution >= 0.6 is 0 Å². The first-order valence-corrected chi connectivity index (χ1v) is 4.30. The van der Waals surface area contributed by atoms with Crippen LogP contribution in [0.15, 0.2) is 6.20 Å². The number of fused-ring (bicyclic) bond motifs is 1. The van der Waals surface area contributed by atoms with E-state index in [-0.39, 0.29) is 0 Å². The molecule has 0 spiro atoms. The van der Waals surface area contributed by atoms with E-state index in [4.69, 9.17) is 0 Å². The van der Waals surface area contributed by atoms with Gasteiger partial charge in [0.15, 0.2) is 0 Å². The molecule has 1 aliphatic heterocycles. The first kappa shape index (κ1) is 7.76. The van der Waals surface area contributed by atoms with E-state index in [0.717, 1.165) is 26.2 Å². The number of hydrogen-bond acceptors (Lipinski definition) is 3. The molecule has 0 atom stereocenters. The van der Waals surface area contributed by atoms with Crippen molar-refractivity contribution in [2.24, 2.45) is 0 Å². The highest BCUT2D eigenvalue weighted by molar-refractivity contribution is 5.18. The molecule has 2 N–H and O–H groups in total. The van der Waals surface area contributed by atoms with Crippen molar-refractivity contribution in [3.05, 3.63) is 17.5 Å². The predicted molar refractivity (Wildman–Crippen MR) is 46.7 cm³/mol. The number of nitrogens with one attached hydrogen (secondary N) is 2. The quantitative estimate of drug-likeness (QED) is 0.634. The maximum atomic E-state index is 4.31. The van der Waals surface area contributed by atoms with Gasteiger partial charge in [0, 0.05) is 25.2 Å². The third kappa shape index (κ3) is 1.23. The fourth-order valence-electron chi connectivity index (χ4n) is 1.58. The molecule has 4 heteroatoms. The summed E-state index contributed by atoms with van der Waals surface area (Å²) in [5.74, 6) is 0. The van der Waals surface area contributed by atoms with Crippen LogP contribution in [0.2, 0.25) is 0 Å². The minimum absolute atomic E-state index is 0.914. The molecule has 1 aromatic rings. The van der Waals surface area contributed by atoms with Crippen LogP contribution in [0.1, 0.15) is 11.3 Å². The van der Waals surface area contributed by atoms with Crippen LogP contribution in [-0.2, 0) is 19.6 Å². The Labute approximate surface area is 72.0 Å². The van der Waals surface area contributed by atoms with Gasteiger partial charge < -0.3 is 10.6 Å². The SMILES string of the molecule is CNCc1cnn2c1CNCC2. The molecule has 0 radical (unpaired) electrons. The summed E-state index contributed by atoms with van der Waals surface area (Å²) in [6, 6.07) is 0. The van der Waals surface area contributed by atoms with Crippen LogP contribution in [-0.4, -0.2) is 23.4 Å². The van der Waals surface area contributed by atoms with Crippen LogP contribution in [0.4, 0.5) is 0 Å². The van der Waals surface area contributed by atoms with Crippen LogP contribution in [0, 0.1) is 0 Å². The maximum Gasteiger partial charge on any atom is 0.0567 e. The van der Waals surface area contributed by atoms with Crippen LogP contribution in [0.3, 0.4) is 0 Å². The minimum Gasteiger partial charge on any atom is -0.316 e. The average molecular weight is 166 g/mol. The summed E-state index contributed by atoms with van der Waals surface area (Å²) in [5, 5.41) is 10.8. The Hall–Kier alpha value is -0.870. The van der Waals surface area contributed by atoms with Crippen LogP contribution in [0.5, 0.6) is 0 Å². The van der Waals surface area contributed by atoms with E-state index >= 15 is 0 Å². The summed E-state index contributed by atoms with van der Waals surface area (Å²) >= 11 is 0. The molecule has 66 valence electrons. The lowest BCUT2D eigenvalue weighted by molar-refractivity contribution is 0.473. The molecule has 0 bridgehead atoms. The highest BCUT2D eigenvalue weighted by Gasteiger charge is 2.12. The first-order chi connectivity index (χ1) is 5.92. The largest absolute Gasteiger partial charge is 0.316 e. The van der Waals surface area contributed by atoms with Crippen molar-refractivity contribution < 1.29 is 0 Å². The van der Waals surface area contributed by atoms with Crippen LogP contribution < -0.4 is 10.6 Å². The van der Waals surface area contributed by atoms with Gasteiger partial charge in [0.25, 0.3) is 0 Å². The Kier molecular flexibility index (Phi) is 2.10. The third-order valence-electron chi connectivity index (χ3n) is 2.20. The van der Waals surface area contributed by atoms with Gasteiger partial charge in [0.2, 0.25) is 0 Å². The summed E-state index contributed by atoms with van der Waals surface area (Å²) in [6.45, 7) is 3.90. The Balaban J connectivity index is 2.25. The first-order valence-electron chi connectivity index (χ1n) is 4.30. The molecular weight excluding hydrogens is 152 g/mol. The van der Waals surface area contributed by atoms with Gasteiger partial charge >= 0.3 is 0 Å². The minimum atomic E-state index is 0.914. The number of aromatic nitrogens is 2. The highest BCUT2D eigenvalue weighted by Crippen LogP contribution is 2.10. The van der Waals surface area contributed by atoms with E-state index in [2.05, 4.69) is 20.4 Å². The third-order valence-corrected chi connectivity index (χ3v) is 2.20. The summed E-state index contributed by atoms with van der Waals surface area (Å²) in [6.07, 6.45) is 1.96. The monoisotopic (exact) mass is 166 g/mol. The molecule has 0 aromatic carbocycles. The van der Waals surface area contributed by atoms with Gasteiger partial charge in [-0.05, 0) is 7.05 Å². The van der Waals surface area contributed by atoms with E-state index in [9.17, 15) is 0 Å². The van der Waals surface area contributed by atoms with Crippen molar-refractivity contribution in [1.29, 1.82) is 0 Å². The number of hydrogen-bond donors (Lipinski definition) is 2. The molecule has 0 fully saturated rings. The number of rotatable bonds is 2. The van der Waals surface area contributed by atoms with Crippen molar-refractivity contribution in [3.63, 3.8) is 0 Å². The average Bonchev–Trinajstić information content (AvgIpc) is 2.50. The fourth-order valence-corrected chi connectivity index (χ4v) is 1.58. The van der Waals surface area contributed by atoms with E-state index in [1.165, 1.54) is 11.3 Å². The second kappa shape index (κ2) is 3.25. The lowest BCUT2D eigenvalue weighted by atomic mass is 10.2. The Morgan fingerprint density at radius 1 is 1.75 bits per heavy atom. The van der Waals surface area contributed by atoms with E-state index in [1.54, 1.807) is 0 Å². The molecule has 2 rings (SSSR count). The normalized spacial score (nSPS) is 16.1. The van der Waals surface area contributed by atoms with Crippen molar-refractivity contribution >= 4 is 0 Å². The Morgan fingerprint density at radius 3 is 3.50 bits per heavy atom. The fraction of sp³-hybridized carbons (Fsp3) is 0.625. The zero-order chi connectivity index (χ0) is 8.39. The van der Waals surface area contributed by atoms with Gasteiger partial charge in [-0.25, -0.2) is 0 Å². The van der Waals surface area contributed by atoms with E-state index in [1.807, 2.05) is 13.2 Å². The second-order valence-electron chi connectivity index (χ2n) is 3.05.